The van der Waals surface area contributed by atoms with Gasteiger partial charge in [0, 0.05) is 49.2 Å². The van der Waals surface area contributed by atoms with Crippen LogP contribution >= 0.6 is 0 Å². The molecule has 27 heavy (non-hydrogen) atoms. The molecule has 1 saturated heterocycles. The summed E-state index contributed by atoms with van der Waals surface area (Å²) in [6.07, 6.45) is 2.17. The van der Waals surface area contributed by atoms with Gasteiger partial charge in [0.15, 0.2) is 0 Å². The van der Waals surface area contributed by atoms with E-state index in [2.05, 4.69) is 69.4 Å². The number of furan rings is 1. The molecule has 5 nitrogen and oxygen atoms in total. The maximum absolute atomic E-state index is 6.06. The standard InChI is InChI=1S/C22H24N4O/c1-3-7-19-16(5-1)9-11-26(19)12-10-23-14-18-15-24-25-22(18)21-13-17-6-2-4-8-20(17)27-21/h1-9,11,13,18,22-25H,10,12,14-15H2. The maximum Gasteiger partial charge on any atom is 0.134 e. The van der Waals surface area contributed by atoms with Gasteiger partial charge in [0.2, 0.25) is 0 Å². The maximum atomic E-state index is 6.06. The van der Waals surface area contributed by atoms with Gasteiger partial charge in [0.05, 0.1) is 6.04 Å². The van der Waals surface area contributed by atoms with Crippen LogP contribution < -0.4 is 16.2 Å². The third-order valence-corrected chi connectivity index (χ3v) is 5.46. The Morgan fingerprint density at radius 3 is 2.81 bits per heavy atom. The van der Waals surface area contributed by atoms with Crippen LogP contribution in [-0.2, 0) is 6.54 Å². The molecule has 3 heterocycles. The van der Waals surface area contributed by atoms with E-state index in [4.69, 9.17) is 4.42 Å². The van der Waals surface area contributed by atoms with Crippen molar-refractivity contribution in [3.8, 4) is 0 Å². The molecule has 3 N–H and O–H groups in total. The van der Waals surface area contributed by atoms with Crippen molar-refractivity contribution < 1.29 is 4.42 Å². The Labute approximate surface area is 158 Å². The summed E-state index contributed by atoms with van der Waals surface area (Å²) in [6, 6.07) is 21.2. The van der Waals surface area contributed by atoms with Crippen molar-refractivity contribution >= 4 is 21.9 Å². The molecule has 1 aliphatic heterocycles. The number of hydrogen-bond acceptors (Lipinski definition) is 4. The molecule has 5 rings (SSSR count). The zero-order chi connectivity index (χ0) is 18.1. The van der Waals surface area contributed by atoms with Crippen LogP contribution in [0.2, 0.25) is 0 Å². The van der Waals surface area contributed by atoms with Crippen LogP contribution in [0.5, 0.6) is 0 Å². The number of nitrogens with one attached hydrogen (secondary N) is 3. The number of benzene rings is 2. The van der Waals surface area contributed by atoms with Crippen molar-refractivity contribution in [2.75, 3.05) is 19.6 Å². The van der Waals surface area contributed by atoms with Crippen LogP contribution in [0.3, 0.4) is 0 Å². The first kappa shape index (κ1) is 16.6. The lowest BCUT2D eigenvalue weighted by Gasteiger charge is -2.17. The smallest absolute Gasteiger partial charge is 0.134 e. The largest absolute Gasteiger partial charge is 0.459 e. The topological polar surface area (TPSA) is 54.2 Å². The van der Waals surface area contributed by atoms with E-state index in [1.165, 1.54) is 10.9 Å². The van der Waals surface area contributed by atoms with Crippen LogP contribution in [0.25, 0.3) is 21.9 Å². The molecule has 1 aliphatic rings. The first-order valence-electron chi connectivity index (χ1n) is 9.60. The van der Waals surface area contributed by atoms with E-state index in [1.807, 2.05) is 18.2 Å². The quantitative estimate of drug-likeness (QED) is 0.461. The zero-order valence-corrected chi connectivity index (χ0v) is 15.2. The normalized spacial score (nSPS) is 20.0. The predicted octanol–water partition coefficient (Wildman–Crippen LogP) is 3.44. The van der Waals surface area contributed by atoms with Crippen molar-refractivity contribution in [1.82, 2.24) is 20.7 Å². The van der Waals surface area contributed by atoms with Gasteiger partial charge in [-0.15, -0.1) is 0 Å². The van der Waals surface area contributed by atoms with Crippen LogP contribution in [0.15, 0.2) is 71.3 Å². The Morgan fingerprint density at radius 2 is 1.89 bits per heavy atom. The summed E-state index contributed by atoms with van der Waals surface area (Å²) in [4.78, 5) is 0. The van der Waals surface area contributed by atoms with E-state index in [1.54, 1.807) is 0 Å². The van der Waals surface area contributed by atoms with Gasteiger partial charge in [0.25, 0.3) is 0 Å². The van der Waals surface area contributed by atoms with E-state index >= 15 is 0 Å². The van der Waals surface area contributed by atoms with Gasteiger partial charge in [-0.25, -0.2) is 5.43 Å². The number of fused-ring (bicyclic) bond motifs is 2. The second kappa shape index (κ2) is 7.19. The summed E-state index contributed by atoms with van der Waals surface area (Å²) in [7, 11) is 0. The Kier molecular flexibility index (Phi) is 4.41. The summed E-state index contributed by atoms with van der Waals surface area (Å²) in [5, 5.41) is 6.08. The fraction of sp³-hybridized carbons (Fsp3) is 0.273. The Bertz CT molecular complexity index is 1020. The molecule has 0 bridgehead atoms. The van der Waals surface area contributed by atoms with Gasteiger partial charge < -0.3 is 14.3 Å². The minimum atomic E-state index is 0.192. The molecule has 1 fully saturated rings. The minimum Gasteiger partial charge on any atom is -0.459 e. The third kappa shape index (κ3) is 3.25. The van der Waals surface area contributed by atoms with Gasteiger partial charge in [-0.3, -0.25) is 5.43 Å². The molecular formula is C22H24N4O. The molecule has 2 aromatic heterocycles. The third-order valence-electron chi connectivity index (χ3n) is 5.46. The van der Waals surface area contributed by atoms with Gasteiger partial charge >= 0.3 is 0 Å². The molecule has 138 valence electrons. The monoisotopic (exact) mass is 360 g/mol. The Hall–Kier alpha value is -2.60. The lowest BCUT2D eigenvalue weighted by molar-refractivity contribution is 0.377. The molecule has 2 aromatic carbocycles. The first-order valence-corrected chi connectivity index (χ1v) is 9.60. The lowest BCUT2D eigenvalue weighted by Crippen LogP contribution is -2.30. The summed E-state index contributed by atoms with van der Waals surface area (Å²) in [5.74, 6) is 1.45. The molecule has 0 spiro atoms. The van der Waals surface area contributed by atoms with Crippen LogP contribution in [0, 0.1) is 5.92 Å². The highest BCUT2D eigenvalue weighted by Crippen LogP contribution is 2.29. The van der Waals surface area contributed by atoms with Crippen LogP contribution in [-0.4, -0.2) is 24.2 Å². The van der Waals surface area contributed by atoms with Crippen molar-refractivity contribution in [2.24, 2.45) is 5.92 Å². The fourth-order valence-corrected chi connectivity index (χ4v) is 4.01. The highest BCUT2D eigenvalue weighted by molar-refractivity contribution is 5.80. The van der Waals surface area contributed by atoms with Crippen LogP contribution in [0.1, 0.15) is 11.8 Å². The number of hydrogen-bond donors (Lipinski definition) is 3. The van der Waals surface area contributed by atoms with Gasteiger partial charge in [0.1, 0.15) is 11.3 Å². The fourth-order valence-electron chi connectivity index (χ4n) is 4.01. The highest BCUT2D eigenvalue weighted by atomic mass is 16.3. The van der Waals surface area contributed by atoms with E-state index in [0.29, 0.717) is 5.92 Å². The number of para-hydroxylation sites is 2. The molecular weight excluding hydrogens is 336 g/mol. The number of nitrogens with zero attached hydrogens (tertiary/aromatic N) is 1. The average molecular weight is 360 g/mol. The van der Waals surface area contributed by atoms with E-state index in [0.717, 1.165) is 42.9 Å². The molecule has 0 radical (unpaired) electrons. The predicted molar refractivity (Wildman–Crippen MR) is 108 cm³/mol. The SMILES string of the molecule is c1ccc2oc(C3NNCC3CNCCn3ccc4ccccc43)cc2c1. The second-order valence-corrected chi connectivity index (χ2v) is 7.22. The van der Waals surface area contributed by atoms with Crippen molar-refractivity contribution in [3.63, 3.8) is 0 Å². The summed E-state index contributed by atoms with van der Waals surface area (Å²) in [6.45, 7) is 3.79. The van der Waals surface area contributed by atoms with E-state index in [9.17, 15) is 0 Å². The molecule has 2 unspecified atom stereocenters. The highest BCUT2D eigenvalue weighted by Gasteiger charge is 2.30. The lowest BCUT2D eigenvalue weighted by atomic mass is 9.99. The minimum absolute atomic E-state index is 0.192. The molecule has 0 amide bonds. The number of rotatable bonds is 6. The molecule has 4 aromatic rings. The number of hydrazine groups is 1. The zero-order valence-electron chi connectivity index (χ0n) is 15.2. The average Bonchev–Trinajstić information content (AvgIpc) is 3.42. The first-order chi connectivity index (χ1) is 13.4. The van der Waals surface area contributed by atoms with Gasteiger partial charge in [-0.1, -0.05) is 36.4 Å². The summed E-state index contributed by atoms with van der Waals surface area (Å²) in [5.41, 5.74) is 8.91. The van der Waals surface area contributed by atoms with Gasteiger partial charge in [-0.2, -0.15) is 0 Å². The van der Waals surface area contributed by atoms with E-state index < -0.39 is 0 Å². The number of aromatic nitrogens is 1. The molecule has 5 heteroatoms. The summed E-state index contributed by atoms with van der Waals surface area (Å²) >= 11 is 0. The molecule has 0 aliphatic carbocycles. The second-order valence-electron chi connectivity index (χ2n) is 7.22. The molecule has 0 saturated carbocycles. The summed E-state index contributed by atoms with van der Waals surface area (Å²) < 4.78 is 8.37. The Balaban J connectivity index is 1.20. The molecule has 2 atom stereocenters. The van der Waals surface area contributed by atoms with Gasteiger partial charge in [-0.05, 0) is 29.7 Å². The Morgan fingerprint density at radius 1 is 1.04 bits per heavy atom. The van der Waals surface area contributed by atoms with Crippen molar-refractivity contribution in [2.45, 2.75) is 12.6 Å². The van der Waals surface area contributed by atoms with E-state index in [-0.39, 0.29) is 6.04 Å². The van der Waals surface area contributed by atoms with Crippen molar-refractivity contribution in [1.29, 1.82) is 0 Å². The van der Waals surface area contributed by atoms with Crippen LogP contribution in [0.4, 0.5) is 0 Å². The van der Waals surface area contributed by atoms with Crippen molar-refractivity contribution in [3.05, 3.63) is 72.6 Å².